The summed E-state index contributed by atoms with van der Waals surface area (Å²) in [5.41, 5.74) is 6.54. The van der Waals surface area contributed by atoms with E-state index in [1.807, 2.05) is 4.90 Å². The summed E-state index contributed by atoms with van der Waals surface area (Å²) in [5, 5.41) is 28.6. The number of pyridine rings is 1. The Morgan fingerprint density at radius 2 is 2.17 bits per heavy atom. The number of carbonyl (C=O) groups is 1. The van der Waals surface area contributed by atoms with Crippen LogP contribution in [0.1, 0.15) is 19.3 Å². The lowest BCUT2D eigenvalue weighted by Crippen LogP contribution is -2.37. The van der Waals surface area contributed by atoms with Gasteiger partial charge in [-0.15, -0.1) is 0 Å². The number of carboxylic acids is 1. The van der Waals surface area contributed by atoms with Gasteiger partial charge in [0.25, 0.3) is 0 Å². The Bertz CT molecular complexity index is 597. The largest absolute Gasteiger partial charge is 0.480 e. The fraction of sp³-hybridized carbons (Fsp3) is 0.600. The highest BCUT2D eigenvalue weighted by atomic mass is 16.4. The first kappa shape index (κ1) is 15.8. The third-order valence-electron chi connectivity index (χ3n) is 4.61. The van der Waals surface area contributed by atoms with Crippen LogP contribution >= 0.6 is 0 Å². The van der Waals surface area contributed by atoms with E-state index in [-0.39, 0.29) is 25.6 Å². The van der Waals surface area contributed by atoms with Crippen molar-refractivity contribution >= 4 is 23.3 Å². The number of anilines is 3. The number of aromatic nitrogens is 1. The van der Waals surface area contributed by atoms with E-state index in [9.17, 15) is 20.1 Å². The highest BCUT2D eigenvalue weighted by molar-refractivity contribution is 5.79. The first-order chi connectivity index (χ1) is 11.0. The average Bonchev–Trinajstić information content (AvgIpc) is 3.14. The molecule has 1 aromatic heterocycles. The summed E-state index contributed by atoms with van der Waals surface area (Å²) in [7, 11) is 0. The summed E-state index contributed by atoms with van der Waals surface area (Å²) in [6.07, 6.45) is 1.33. The topological polar surface area (TPSA) is 123 Å². The second-order valence-electron chi connectivity index (χ2n) is 6.15. The molecule has 0 aliphatic carbocycles. The summed E-state index contributed by atoms with van der Waals surface area (Å²) in [5.74, 6) is 0.0856. The maximum absolute atomic E-state index is 11.4. The van der Waals surface area contributed by atoms with Crippen molar-refractivity contribution in [2.45, 2.75) is 37.5 Å². The van der Waals surface area contributed by atoms with Gasteiger partial charge in [0.05, 0.1) is 24.4 Å². The van der Waals surface area contributed by atoms with E-state index >= 15 is 0 Å². The van der Waals surface area contributed by atoms with Gasteiger partial charge in [0.15, 0.2) is 5.82 Å². The third-order valence-corrected chi connectivity index (χ3v) is 4.61. The van der Waals surface area contributed by atoms with E-state index in [1.165, 1.54) is 0 Å². The van der Waals surface area contributed by atoms with E-state index in [2.05, 4.69) is 4.98 Å². The summed E-state index contributed by atoms with van der Waals surface area (Å²) >= 11 is 0. The molecule has 1 aromatic rings. The van der Waals surface area contributed by atoms with Gasteiger partial charge >= 0.3 is 5.97 Å². The Labute approximate surface area is 134 Å². The maximum Gasteiger partial charge on any atom is 0.326 e. The van der Waals surface area contributed by atoms with Crippen LogP contribution in [0, 0.1) is 0 Å². The highest BCUT2D eigenvalue weighted by Gasteiger charge is 2.37. The Morgan fingerprint density at radius 3 is 2.87 bits per heavy atom. The SMILES string of the molecule is Nc1ccc(N2CC(O)CC2C(=O)O)nc1N1CCCC1CO. The predicted molar refractivity (Wildman–Crippen MR) is 85.5 cm³/mol. The summed E-state index contributed by atoms with van der Waals surface area (Å²) < 4.78 is 0. The normalized spacial score (nSPS) is 27.7. The number of aliphatic carboxylic acids is 1. The van der Waals surface area contributed by atoms with Gasteiger partial charge < -0.3 is 30.9 Å². The van der Waals surface area contributed by atoms with E-state index < -0.39 is 18.1 Å². The fourth-order valence-electron chi connectivity index (χ4n) is 3.44. The van der Waals surface area contributed by atoms with E-state index in [1.54, 1.807) is 17.0 Å². The number of hydrogen-bond acceptors (Lipinski definition) is 7. The number of rotatable bonds is 4. The molecule has 0 saturated carbocycles. The number of aliphatic hydroxyl groups excluding tert-OH is 2. The molecular weight excluding hydrogens is 300 g/mol. The molecule has 2 saturated heterocycles. The molecule has 2 aliphatic rings. The van der Waals surface area contributed by atoms with Crippen LogP contribution in [0.15, 0.2) is 12.1 Å². The van der Waals surface area contributed by atoms with Crippen molar-refractivity contribution in [1.29, 1.82) is 0 Å². The van der Waals surface area contributed by atoms with E-state index in [0.717, 1.165) is 19.4 Å². The molecule has 8 heteroatoms. The second-order valence-corrected chi connectivity index (χ2v) is 6.15. The second kappa shape index (κ2) is 6.21. The van der Waals surface area contributed by atoms with Crippen LogP contribution in [0.5, 0.6) is 0 Å². The number of nitrogen functional groups attached to an aromatic ring is 1. The molecule has 0 aromatic carbocycles. The number of carboxylic acid groups (broad SMARTS) is 1. The van der Waals surface area contributed by atoms with Gasteiger partial charge in [0, 0.05) is 19.5 Å². The van der Waals surface area contributed by atoms with Gasteiger partial charge in [0.2, 0.25) is 0 Å². The Morgan fingerprint density at radius 1 is 1.39 bits per heavy atom. The van der Waals surface area contributed by atoms with Gasteiger partial charge in [-0.2, -0.15) is 0 Å². The minimum atomic E-state index is -0.976. The molecule has 3 heterocycles. The first-order valence-electron chi connectivity index (χ1n) is 7.82. The molecule has 2 aliphatic heterocycles. The van der Waals surface area contributed by atoms with Gasteiger partial charge in [-0.3, -0.25) is 0 Å². The molecule has 3 atom stereocenters. The van der Waals surface area contributed by atoms with Crippen LogP contribution in [0.4, 0.5) is 17.3 Å². The molecule has 8 nitrogen and oxygen atoms in total. The van der Waals surface area contributed by atoms with Gasteiger partial charge in [-0.25, -0.2) is 9.78 Å². The first-order valence-corrected chi connectivity index (χ1v) is 7.82. The standard InChI is InChI=1S/C15H22N4O4/c16-11-3-4-13(19-7-10(21)6-12(19)15(22)23)17-14(11)18-5-1-2-9(18)8-20/h3-4,9-10,12,20-21H,1-2,5-8,16H2,(H,22,23). The minimum absolute atomic E-state index is 0.0144. The van der Waals surface area contributed by atoms with Crippen molar-refractivity contribution in [2.24, 2.45) is 0 Å². The quantitative estimate of drug-likeness (QED) is 0.593. The smallest absolute Gasteiger partial charge is 0.326 e. The monoisotopic (exact) mass is 322 g/mol. The van der Waals surface area contributed by atoms with Crippen molar-refractivity contribution in [2.75, 3.05) is 35.2 Å². The Balaban J connectivity index is 1.92. The molecule has 0 amide bonds. The fourth-order valence-corrected chi connectivity index (χ4v) is 3.44. The lowest BCUT2D eigenvalue weighted by Gasteiger charge is -2.28. The van der Waals surface area contributed by atoms with Gasteiger partial charge in [0.1, 0.15) is 11.9 Å². The molecule has 2 fully saturated rings. The van der Waals surface area contributed by atoms with Crippen molar-refractivity contribution in [3.63, 3.8) is 0 Å². The molecule has 126 valence electrons. The van der Waals surface area contributed by atoms with Crippen LogP contribution in [0.2, 0.25) is 0 Å². The van der Waals surface area contributed by atoms with E-state index in [4.69, 9.17) is 5.73 Å². The van der Waals surface area contributed by atoms with Crippen LogP contribution in [-0.2, 0) is 4.79 Å². The van der Waals surface area contributed by atoms with Crippen molar-refractivity contribution in [3.05, 3.63) is 12.1 Å². The van der Waals surface area contributed by atoms with Crippen LogP contribution < -0.4 is 15.5 Å². The number of nitrogens with two attached hydrogens (primary N) is 1. The molecule has 0 spiro atoms. The maximum atomic E-state index is 11.4. The van der Waals surface area contributed by atoms with Crippen molar-refractivity contribution in [1.82, 2.24) is 4.98 Å². The number of hydrogen-bond donors (Lipinski definition) is 4. The summed E-state index contributed by atoms with van der Waals surface area (Å²) in [6, 6.07) is 2.57. The number of nitrogens with zero attached hydrogens (tertiary/aromatic N) is 3. The number of β-amino-alcohol motifs (C(OH)–C–C–N with tert-alkyl or cyclic N) is 1. The zero-order valence-electron chi connectivity index (χ0n) is 12.8. The lowest BCUT2D eigenvalue weighted by molar-refractivity contribution is -0.138. The van der Waals surface area contributed by atoms with Crippen LogP contribution in [0.3, 0.4) is 0 Å². The Kier molecular flexibility index (Phi) is 4.27. The molecule has 3 rings (SSSR count). The predicted octanol–water partition coefficient (Wildman–Crippen LogP) is -0.351. The summed E-state index contributed by atoms with van der Waals surface area (Å²) in [6.45, 7) is 1.03. The molecule has 23 heavy (non-hydrogen) atoms. The summed E-state index contributed by atoms with van der Waals surface area (Å²) in [4.78, 5) is 19.5. The van der Waals surface area contributed by atoms with Crippen LogP contribution in [0.25, 0.3) is 0 Å². The molecule has 0 bridgehead atoms. The molecule has 0 radical (unpaired) electrons. The molecular formula is C15H22N4O4. The van der Waals surface area contributed by atoms with E-state index in [0.29, 0.717) is 17.3 Å². The Hall–Kier alpha value is -2.06. The zero-order chi connectivity index (χ0) is 16.6. The minimum Gasteiger partial charge on any atom is -0.480 e. The van der Waals surface area contributed by atoms with Crippen molar-refractivity contribution < 1.29 is 20.1 Å². The molecule has 5 N–H and O–H groups in total. The highest BCUT2D eigenvalue weighted by Crippen LogP contribution is 2.32. The van der Waals surface area contributed by atoms with Crippen LogP contribution in [-0.4, -0.2) is 64.2 Å². The zero-order valence-corrected chi connectivity index (χ0v) is 12.8. The van der Waals surface area contributed by atoms with Crippen molar-refractivity contribution in [3.8, 4) is 0 Å². The average molecular weight is 322 g/mol. The third kappa shape index (κ3) is 2.91. The lowest BCUT2D eigenvalue weighted by atomic mass is 10.2. The number of aliphatic hydroxyl groups is 2. The van der Waals surface area contributed by atoms with Gasteiger partial charge in [-0.1, -0.05) is 0 Å². The molecule has 3 unspecified atom stereocenters. The van der Waals surface area contributed by atoms with Gasteiger partial charge in [-0.05, 0) is 25.0 Å².